The van der Waals surface area contributed by atoms with Crippen LogP contribution in [0, 0.1) is 6.92 Å². The van der Waals surface area contributed by atoms with Crippen molar-refractivity contribution in [2.45, 2.75) is 6.92 Å². The van der Waals surface area contributed by atoms with Crippen molar-refractivity contribution in [1.29, 1.82) is 0 Å². The van der Waals surface area contributed by atoms with Gasteiger partial charge in [0.15, 0.2) is 0 Å². The average molecular weight is 168 g/mol. The van der Waals surface area contributed by atoms with E-state index in [-0.39, 0.29) is 0 Å². The van der Waals surface area contributed by atoms with Crippen LogP contribution in [0.3, 0.4) is 0 Å². The summed E-state index contributed by atoms with van der Waals surface area (Å²) in [5.74, 6) is 0. The predicted molar refractivity (Wildman–Crippen MR) is 65.2 cm³/mol. The maximum atomic E-state index is 2.18. The van der Waals surface area contributed by atoms with E-state index in [1.165, 1.54) is 16.5 Å². The molecule has 0 bridgehead atoms. The Labute approximate surface area is 82.1 Å². The van der Waals surface area contributed by atoms with Gasteiger partial charge in [-0.25, -0.2) is 0 Å². The van der Waals surface area contributed by atoms with E-state index in [0.29, 0.717) is 0 Å². The summed E-state index contributed by atoms with van der Waals surface area (Å²) >= 11 is 0. The van der Waals surface area contributed by atoms with Gasteiger partial charge in [-0.3, -0.25) is 0 Å². The normalized spacial score (nSPS) is 9.00. The maximum absolute atomic E-state index is 2.18. The van der Waals surface area contributed by atoms with E-state index in [9.17, 15) is 0 Å². The fourth-order valence-electron chi connectivity index (χ4n) is 1.21. The van der Waals surface area contributed by atoms with Crippen LogP contribution in [0.5, 0.6) is 0 Å². The summed E-state index contributed by atoms with van der Waals surface area (Å²) in [5.41, 5.74) is 3.84. The van der Waals surface area contributed by atoms with Gasteiger partial charge in [0.1, 0.15) is 15.7 Å². The van der Waals surface area contributed by atoms with Gasteiger partial charge < -0.3 is 0 Å². The van der Waals surface area contributed by atoms with Crippen molar-refractivity contribution in [2.75, 3.05) is 0 Å². The Morgan fingerprint density at radius 3 is 1.77 bits per heavy atom. The van der Waals surface area contributed by atoms with E-state index < -0.39 is 0 Å². The number of rotatable bonds is 0. The molecule has 0 N–H and O–H groups in total. The molecule has 0 aliphatic rings. The quantitative estimate of drug-likeness (QED) is 0.463. The molecule has 2 heteroatoms. The second-order valence-corrected chi connectivity index (χ2v) is 3.43. The maximum Gasteiger partial charge on any atom is 0.139 e. The van der Waals surface area contributed by atoms with Crippen molar-refractivity contribution in [2.24, 2.45) is 0 Å². The van der Waals surface area contributed by atoms with Crippen LogP contribution in [0.2, 0.25) is 0 Å². The second-order valence-electron chi connectivity index (χ2n) is 3.43. The van der Waals surface area contributed by atoms with E-state index in [4.69, 9.17) is 0 Å². The van der Waals surface area contributed by atoms with E-state index >= 15 is 0 Å². The molecule has 0 spiro atoms. The minimum absolute atomic E-state index is 1.27. The Morgan fingerprint density at radius 2 is 1.31 bits per heavy atom. The van der Waals surface area contributed by atoms with Gasteiger partial charge in [-0.15, -0.1) is 0 Å². The third-order valence-corrected chi connectivity index (χ3v) is 1.89. The molecule has 0 aliphatic carbocycles. The monoisotopic (exact) mass is 168 g/mol. The minimum atomic E-state index is 1.27. The van der Waals surface area contributed by atoms with Crippen LogP contribution in [0.25, 0.3) is 0 Å². The average Bonchev–Trinajstić information content (AvgIpc) is 2.03. The zero-order valence-electron chi connectivity index (χ0n) is 8.54. The number of aryl methyl sites for hydroxylation is 1. The molecule has 0 saturated carbocycles. The fourth-order valence-corrected chi connectivity index (χ4v) is 1.21. The molecule has 64 valence electrons. The molecule has 0 nitrogen and oxygen atoms in total. The summed E-state index contributed by atoms with van der Waals surface area (Å²) in [7, 11) is 4.23. The lowest BCUT2D eigenvalue weighted by Gasteiger charge is -1.89. The van der Waals surface area contributed by atoms with Crippen molar-refractivity contribution < 1.29 is 0 Å². The van der Waals surface area contributed by atoms with Crippen molar-refractivity contribution in [3.05, 3.63) is 48.0 Å². The first-order valence-electron chi connectivity index (χ1n) is 4.57. The van der Waals surface area contributed by atoms with Crippen molar-refractivity contribution in [3.63, 3.8) is 0 Å². The van der Waals surface area contributed by atoms with Crippen LogP contribution in [0.1, 0.15) is 5.56 Å². The topological polar surface area (TPSA) is 0 Å². The Morgan fingerprint density at radius 1 is 0.846 bits per heavy atom. The van der Waals surface area contributed by atoms with E-state index in [2.05, 4.69) is 65.1 Å². The highest BCUT2D eigenvalue weighted by atomic mass is 13.8. The highest BCUT2D eigenvalue weighted by molar-refractivity contribution is 6.37. The Balaban J connectivity index is 3.31. The summed E-state index contributed by atoms with van der Waals surface area (Å²) in [6.45, 7) is 2.10. The zero-order chi connectivity index (χ0) is 9.68. The van der Waals surface area contributed by atoms with Crippen LogP contribution >= 0.6 is 0 Å². The lowest BCUT2D eigenvalue weighted by atomic mass is 9.90. The summed E-state index contributed by atoms with van der Waals surface area (Å²) < 4.78 is 0. The molecular weight excluding hydrogens is 154 g/mol. The SMILES string of the molecule is Bc1cccc(C)cccc(B)c1. The lowest BCUT2D eigenvalue weighted by molar-refractivity contribution is 1.50. The molecule has 0 aliphatic heterocycles. The minimum Gasteiger partial charge on any atom is -0.0895 e. The van der Waals surface area contributed by atoms with Crippen LogP contribution in [-0.4, -0.2) is 15.7 Å². The molecule has 0 saturated heterocycles. The van der Waals surface area contributed by atoms with Crippen LogP contribution in [-0.2, 0) is 0 Å². The first-order chi connectivity index (χ1) is 6.18. The molecule has 13 heavy (non-hydrogen) atoms. The molecule has 0 atom stereocenters. The molecule has 0 fully saturated rings. The Hall–Kier alpha value is -1.17. The van der Waals surface area contributed by atoms with E-state index in [1.54, 1.807) is 0 Å². The van der Waals surface area contributed by atoms with Crippen LogP contribution in [0.15, 0.2) is 42.5 Å². The molecule has 1 aromatic rings. The van der Waals surface area contributed by atoms with Crippen molar-refractivity contribution in [1.82, 2.24) is 0 Å². The van der Waals surface area contributed by atoms with Gasteiger partial charge in [0.25, 0.3) is 0 Å². The third-order valence-electron chi connectivity index (χ3n) is 1.89. The zero-order valence-corrected chi connectivity index (χ0v) is 8.54. The Bertz CT molecular complexity index is 313. The van der Waals surface area contributed by atoms with Crippen LogP contribution in [0.4, 0.5) is 0 Å². The molecule has 0 aromatic heterocycles. The van der Waals surface area contributed by atoms with Gasteiger partial charge in [0.05, 0.1) is 0 Å². The van der Waals surface area contributed by atoms with E-state index in [1.807, 2.05) is 0 Å². The van der Waals surface area contributed by atoms with Crippen molar-refractivity contribution in [3.8, 4) is 0 Å². The predicted octanol–water partition coefficient (Wildman–Crippen LogP) is -0.364. The molecule has 0 unspecified atom stereocenters. The van der Waals surface area contributed by atoms with Gasteiger partial charge in [-0.05, 0) is 6.92 Å². The van der Waals surface area contributed by atoms with Gasteiger partial charge in [0, 0.05) is 0 Å². The highest BCUT2D eigenvalue weighted by Crippen LogP contribution is 1.88. The van der Waals surface area contributed by atoms with Gasteiger partial charge >= 0.3 is 0 Å². The van der Waals surface area contributed by atoms with Gasteiger partial charge in [0.2, 0.25) is 0 Å². The molecular formula is C11H14B2. The number of hydrogen-bond donors (Lipinski definition) is 0. The number of hydrogen-bond acceptors (Lipinski definition) is 0. The molecule has 0 amide bonds. The van der Waals surface area contributed by atoms with Gasteiger partial charge in [-0.1, -0.05) is 59.0 Å². The third kappa shape index (κ3) is 3.84. The molecule has 1 aromatic carbocycles. The van der Waals surface area contributed by atoms with Crippen LogP contribution < -0.4 is 10.9 Å². The largest absolute Gasteiger partial charge is 0.139 e. The summed E-state index contributed by atoms with van der Waals surface area (Å²) in [6.07, 6.45) is 0. The summed E-state index contributed by atoms with van der Waals surface area (Å²) in [6, 6.07) is 14.8. The molecule has 0 radical (unpaired) electrons. The standard InChI is InChI=1S/C11H14B2/c1-9-4-2-6-10(12)8-11(13)7-3-5-9/h2-8H,12-13H2,1H3. The van der Waals surface area contributed by atoms with Gasteiger partial charge in [-0.2, -0.15) is 0 Å². The first-order valence-corrected chi connectivity index (χ1v) is 4.57. The smallest absolute Gasteiger partial charge is 0.0895 e. The highest BCUT2D eigenvalue weighted by Gasteiger charge is 1.80. The van der Waals surface area contributed by atoms with E-state index in [0.717, 1.165) is 0 Å². The molecule has 0 heterocycles. The Kier molecular flexibility index (Phi) is 3.63. The van der Waals surface area contributed by atoms with Crippen molar-refractivity contribution >= 4 is 26.6 Å². The fraction of sp³-hybridized carbons (Fsp3) is 0.0909. The first kappa shape index (κ1) is 9.91. The summed E-state index contributed by atoms with van der Waals surface area (Å²) in [4.78, 5) is 0. The molecule has 1 rings (SSSR count). The summed E-state index contributed by atoms with van der Waals surface area (Å²) in [5, 5.41) is 0. The lowest BCUT2D eigenvalue weighted by Crippen LogP contribution is -2.08. The second kappa shape index (κ2) is 4.76.